The van der Waals surface area contributed by atoms with Crippen molar-refractivity contribution in [2.45, 2.75) is 223 Å². The Morgan fingerprint density at radius 3 is 0.970 bits per heavy atom. The van der Waals surface area contributed by atoms with Crippen molar-refractivity contribution in [3.8, 4) is 24.2 Å². The van der Waals surface area contributed by atoms with Crippen molar-refractivity contribution >= 4 is 105 Å². The van der Waals surface area contributed by atoms with Gasteiger partial charge in [-0.05, 0) is 213 Å². The average molecular weight is 2260 g/mol. The summed E-state index contributed by atoms with van der Waals surface area (Å²) in [5.41, 5.74) is 10.4. The molecule has 0 aromatic carbocycles. The number of nitrogens with two attached hydrogens (primary N) is 1. The average Bonchev–Trinajstić information content (AvgIpc) is 0.795. The first-order valence-electron chi connectivity index (χ1n) is 35.6. The zero-order valence-electron chi connectivity index (χ0n) is 78.7. The van der Waals surface area contributed by atoms with E-state index in [9.17, 15) is 70.0 Å². The second-order valence-corrected chi connectivity index (χ2v) is 26.7. The first kappa shape index (κ1) is 189. The number of hydrogen-bond donors (Lipinski definition) is 3. The number of carbonyl (C=O) groups is 6. The molecule has 4 aromatic heterocycles. The van der Waals surface area contributed by atoms with Crippen molar-refractivity contribution in [1.29, 1.82) is 0 Å². The molecule has 4 unspecified atom stereocenters. The van der Waals surface area contributed by atoms with Gasteiger partial charge in [-0.1, -0.05) is 53.5 Å². The molecule has 4 atom stereocenters. The van der Waals surface area contributed by atoms with Crippen LogP contribution in [0.2, 0.25) is 0 Å². The summed E-state index contributed by atoms with van der Waals surface area (Å²) >= 11 is 5.47. The van der Waals surface area contributed by atoms with Gasteiger partial charge in [0.2, 0.25) is 5.24 Å². The van der Waals surface area contributed by atoms with Gasteiger partial charge in [0.15, 0.2) is 29.1 Å². The molecule has 1 saturated heterocycles. The monoisotopic (exact) mass is 2260 g/mol. The maximum absolute atomic E-state index is 12.1. The summed E-state index contributed by atoms with van der Waals surface area (Å²) in [6.07, 6.45) is 7.66. The van der Waals surface area contributed by atoms with E-state index in [0.717, 1.165) is 44.2 Å². The van der Waals surface area contributed by atoms with Crippen LogP contribution in [0.25, 0.3) is 0 Å². The van der Waals surface area contributed by atoms with Crippen LogP contribution >= 0.6 is 69.5 Å². The Kier molecular flexibility index (Phi) is 191. The van der Waals surface area contributed by atoms with E-state index in [1.807, 2.05) is 101 Å². The van der Waals surface area contributed by atoms with Gasteiger partial charge in [0.05, 0.1) is 7.11 Å². The number of ether oxygens (including phenoxy) is 3. The number of nitrogens with zero attached hydrogens (tertiary/aromatic N) is 8. The van der Waals surface area contributed by atoms with E-state index in [4.69, 9.17) is 137 Å². The largest absolute Gasteiger partial charge is 0.468 e. The van der Waals surface area contributed by atoms with Gasteiger partial charge in [-0.3, -0.25) is 93.2 Å². The molecule has 0 spiro atoms. The highest BCUT2D eigenvalue weighted by Gasteiger charge is 2.40. The molecule has 0 radical (unpaired) electrons. The quantitative estimate of drug-likeness (QED) is 0.0129. The number of urea groups is 1. The molecule has 28 nitrogen and oxygen atoms in total. The van der Waals surface area contributed by atoms with Gasteiger partial charge < -0.3 is 35.1 Å². The molecule has 4 aromatic rings. The lowest BCUT2D eigenvalue weighted by Crippen LogP contribution is -2.45. The number of Topliss-reactive ketones (excluding diaryl/α,β-unsaturated/α-hetero) is 1. The van der Waals surface area contributed by atoms with Gasteiger partial charge in [-0.25, -0.2) is 24.0 Å². The van der Waals surface area contributed by atoms with E-state index in [2.05, 4.69) is 58.4 Å². The Morgan fingerprint density at radius 1 is 0.548 bits per heavy atom. The smallest absolute Gasteiger partial charge is 0.334 e. The number of cyclic esters (lactones) is 2. The van der Waals surface area contributed by atoms with Gasteiger partial charge in [0.1, 0.15) is 11.7 Å². The Bertz CT molecular complexity index is 3990. The summed E-state index contributed by atoms with van der Waals surface area (Å²) in [5, 5.41) is 2.07. The molecule has 4 N–H and O–H groups in total. The number of amides is 2. The third kappa shape index (κ3) is 91.5. The summed E-state index contributed by atoms with van der Waals surface area (Å²) in [5.74, 6) is 3.02. The lowest BCUT2D eigenvalue weighted by molar-refractivity contribution is -0.238. The first-order valence-corrected chi connectivity index (χ1v) is 43.2. The minimum absolute atomic E-state index is 0. The molecule has 812 valence electrons. The fraction of sp³-hybridized carbons (Fsp3) is 0.611. The number of methoxy groups -OCH3 is 1. The number of aromatic amines is 1. The SMILES string of the molecule is C.C#CC#CC.C=C(C)C.CC1C(=O)OC(C)(C)OC1=O.CCC(=O)C(C)C(=O)OC.CCC(=O)Cl.CCNC(N)=O.CCc1[nH]c(=O)n(CC)c(=O)c1C.CCc1c(C)c(=O)n(CC)c(=O)n1PC.CCc1c(C)c(=O)n(CC)c(=O)n1PC.CCn1c(=O)c(C)c(CN(C)C)n(PC)c1=O.CPC.F.F.F.F.FF.FF.FF.FF.FF.FF.FF.FF.FF.FF.FF.FF.FI. The summed E-state index contributed by atoms with van der Waals surface area (Å²) < 4.78 is 226. The van der Waals surface area contributed by atoms with Crippen LogP contribution in [0.1, 0.15) is 183 Å². The molecule has 1 aliphatic rings. The molecular weight excluding hydrogens is 2130 g/mol. The summed E-state index contributed by atoms with van der Waals surface area (Å²) in [6.45, 7) is 53.8. The van der Waals surface area contributed by atoms with E-state index in [0.29, 0.717) is 130 Å². The Hall–Kier alpha value is -8.73. The predicted octanol–water partition coefficient (Wildman–Crippen LogP) is 20.7. The van der Waals surface area contributed by atoms with Crippen LogP contribution in [0.4, 0.5) is 136 Å². The van der Waals surface area contributed by atoms with Crippen LogP contribution < -0.4 is 56.0 Å². The van der Waals surface area contributed by atoms with E-state index in [1.165, 1.54) is 51.7 Å². The van der Waals surface area contributed by atoms with Gasteiger partial charge in [0, 0.05) is 221 Å². The number of hydrogen-bond acceptors (Lipinski definition) is 18. The Balaban J connectivity index is -0.0000000453. The second-order valence-electron chi connectivity index (χ2n) is 22.6. The minimum Gasteiger partial charge on any atom is -0.468 e. The second kappa shape index (κ2) is 136. The molecule has 0 bridgehead atoms. The third-order valence-electron chi connectivity index (χ3n) is 13.6. The molecule has 135 heavy (non-hydrogen) atoms. The topological polar surface area (TPSA) is 358 Å². The number of ketones is 1. The number of allylic oxidation sites excluding steroid dienone is 1. The summed E-state index contributed by atoms with van der Waals surface area (Å²) in [7, 11) is 7.30. The number of carbonyl (C=O) groups excluding carboxylic acids is 6. The van der Waals surface area contributed by atoms with Gasteiger partial charge >= 0.3 is 46.7 Å². The lowest BCUT2D eigenvalue weighted by Gasteiger charge is -2.31. The number of nitrogens with one attached hydrogen (secondary N) is 2. The molecule has 2 amide bonds. The fourth-order valence-corrected chi connectivity index (χ4v) is 10.9. The van der Waals surface area contributed by atoms with Crippen LogP contribution in [-0.4, -0.2) is 143 Å². The van der Waals surface area contributed by atoms with Gasteiger partial charge in [0.25, 0.3) is 28.0 Å². The van der Waals surface area contributed by atoms with E-state index in [1.54, 1.807) is 75.3 Å². The maximum atomic E-state index is 12.1. The number of terminal acetylenes is 1. The highest BCUT2D eigenvalue weighted by molar-refractivity contribution is 14.1. The molecule has 0 saturated carbocycles. The zero-order chi connectivity index (χ0) is 109. The minimum atomic E-state index is -1.10. The molecule has 0 aliphatic carbocycles. The molecular formula is C72H130ClF29IN11O17P4. The molecule has 63 heteroatoms. The Labute approximate surface area is 789 Å². The molecule has 1 fully saturated rings. The number of aryl methyl sites for hydroxylation is 1. The van der Waals surface area contributed by atoms with Crippen molar-refractivity contribution in [2.24, 2.45) is 17.6 Å². The van der Waals surface area contributed by atoms with Crippen molar-refractivity contribution in [2.75, 3.05) is 61.1 Å². The Morgan fingerprint density at radius 2 is 0.800 bits per heavy atom. The number of aromatic nitrogens is 8. The number of H-pyrrole nitrogens is 1. The van der Waals surface area contributed by atoms with Crippen LogP contribution in [0, 0.1) is 63.7 Å². The number of halogens is 31. The number of rotatable bonds is 17. The molecule has 5 heterocycles. The van der Waals surface area contributed by atoms with Gasteiger partial charge in [-0.15, -0.1) is 21.6 Å². The molecule has 5 rings (SSSR count). The van der Waals surface area contributed by atoms with Crippen molar-refractivity contribution in [1.82, 2.24) is 46.5 Å². The van der Waals surface area contributed by atoms with E-state index in [-0.39, 0.29) is 82.3 Å². The van der Waals surface area contributed by atoms with Crippen LogP contribution in [-0.2, 0) is 90.2 Å². The van der Waals surface area contributed by atoms with E-state index >= 15 is 0 Å². The normalized spacial score (nSPS) is 9.57. The van der Waals surface area contributed by atoms with Crippen LogP contribution in [0.15, 0.2) is 50.5 Å². The first-order chi connectivity index (χ1) is 61.4. The highest BCUT2D eigenvalue weighted by Crippen LogP contribution is 2.22. The molecule has 1 aliphatic heterocycles. The van der Waals surface area contributed by atoms with Crippen molar-refractivity contribution < 1.29 is 174 Å². The van der Waals surface area contributed by atoms with E-state index < -0.39 is 41.6 Å². The van der Waals surface area contributed by atoms with Crippen LogP contribution in [0.3, 0.4) is 0 Å². The number of esters is 3. The summed E-state index contributed by atoms with van der Waals surface area (Å²) in [4.78, 5) is 162. The fourth-order valence-electron chi connectivity index (χ4n) is 8.31. The van der Waals surface area contributed by atoms with Gasteiger partial charge in [-0.2, -0.15) is 2.86 Å². The maximum Gasteiger partial charge on any atom is 0.334 e. The van der Waals surface area contributed by atoms with Crippen molar-refractivity contribution in [3.63, 3.8) is 0 Å². The standard InChI is InChI=1S/C11H20N3O2P.2C10H17N2O2P.C9H14N2O2.C7H10O4.C7H12O3.C5H4.C4H8.C3H5ClO.C3H8N2O.C2H7P.CH4.12F2.FI.4FH/c1-6-13-10(15)8(2)9(7-12(3)4)14(17-5)11(13)16;2*1-5-8-7(3)9(13)11(6-2)10(14)12(8)15-4;1-4-7-6(3)8(12)11(5-2)9(13)10-7;1-4-5(8)10-7(2,3)11-6(4)9;1-4-6(8)5(2)7(9)10-3;1-3-5-4-2;1-4(2)3;1-2-3(4)5;1-2-5-3(4)6;1-3-2;;13*1-2;;;;/h17H,6-7H2,1-5H3;2*15H,5-6H2,1-4H3;4-5H2,1-3H3,(H,10,13);4H,1-3H3;5H,4H2,1-3H3;1H,2H3;1H2,2-3H3;2H2,1H3;2H2,1H3,(H3,4,5,6);3H,1-2H3;1H4;;;;;;;;;;;;;;4*1H. The van der Waals surface area contributed by atoms with Crippen LogP contribution in [0.5, 0.6) is 0 Å². The summed E-state index contributed by atoms with van der Waals surface area (Å²) in [6, 6.07) is -0.461. The zero-order valence-corrected chi connectivity index (χ0v) is 85.6. The lowest BCUT2D eigenvalue weighted by atomic mass is 10.1. The third-order valence-corrected chi connectivity index (χ3v) is 16.6. The van der Waals surface area contributed by atoms with Crippen molar-refractivity contribution in [3.05, 3.63) is 141 Å². The predicted molar refractivity (Wildman–Crippen MR) is 490 cm³/mol. The number of primary amides is 1. The highest BCUT2D eigenvalue weighted by atomic mass is 127.